The first-order valence-corrected chi connectivity index (χ1v) is 9.27. The van der Waals surface area contributed by atoms with E-state index in [1.807, 2.05) is 26.8 Å². The summed E-state index contributed by atoms with van der Waals surface area (Å²) in [6.07, 6.45) is 1.98. The van der Waals surface area contributed by atoms with E-state index >= 15 is 0 Å². The lowest BCUT2D eigenvalue weighted by Crippen LogP contribution is -2.25. The third kappa shape index (κ3) is 5.39. The summed E-state index contributed by atoms with van der Waals surface area (Å²) >= 11 is 0. The van der Waals surface area contributed by atoms with Crippen LogP contribution in [0.3, 0.4) is 0 Å². The summed E-state index contributed by atoms with van der Waals surface area (Å²) in [6.45, 7) is 12.0. The molecule has 0 saturated carbocycles. The van der Waals surface area contributed by atoms with E-state index in [9.17, 15) is 9.90 Å². The molecule has 0 saturated heterocycles. The highest BCUT2D eigenvalue weighted by atomic mass is 16.5. The van der Waals surface area contributed by atoms with Crippen molar-refractivity contribution in [3.8, 4) is 0 Å². The summed E-state index contributed by atoms with van der Waals surface area (Å²) in [6, 6.07) is 6.94. The molecule has 0 radical (unpaired) electrons. The van der Waals surface area contributed by atoms with Crippen molar-refractivity contribution in [3.05, 3.63) is 35.6 Å². The number of nitrogens with zero attached hydrogens (tertiary/aromatic N) is 4. The van der Waals surface area contributed by atoms with Crippen LogP contribution >= 0.6 is 0 Å². The van der Waals surface area contributed by atoms with Gasteiger partial charge in [0.15, 0.2) is 0 Å². The highest BCUT2D eigenvalue weighted by Crippen LogP contribution is 2.29. The van der Waals surface area contributed by atoms with E-state index in [0.29, 0.717) is 17.3 Å². The summed E-state index contributed by atoms with van der Waals surface area (Å²) in [5, 5.41) is 21.6. The van der Waals surface area contributed by atoms with Crippen LogP contribution in [0.4, 0.5) is 17.2 Å². The number of aromatic nitrogens is 1. The molecule has 1 aromatic heterocycles. The molecule has 2 rings (SSSR count). The maximum atomic E-state index is 11.7. The van der Waals surface area contributed by atoms with Gasteiger partial charge in [-0.15, -0.1) is 10.2 Å². The van der Waals surface area contributed by atoms with Gasteiger partial charge in [-0.3, -0.25) is 0 Å². The van der Waals surface area contributed by atoms with Crippen LogP contribution in [0.5, 0.6) is 0 Å². The number of carbonyl (C=O) groups is 1. The zero-order valence-corrected chi connectivity index (χ0v) is 16.7. The Bertz CT molecular complexity index is 800. The molecule has 1 N–H and O–H groups in total. The van der Waals surface area contributed by atoms with Gasteiger partial charge in [0.25, 0.3) is 0 Å². The minimum Gasteiger partial charge on any atom is -0.478 e. The van der Waals surface area contributed by atoms with E-state index in [2.05, 4.69) is 34.1 Å². The molecule has 0 aliphatic heterocycles. The molecule has 0 fully saturated rings. The van der Waals surface area contributed by atoms with Crippen LogP contribution in [0.1, 0.15) is 63.6 Å². The second-order valence-corrected chi connectivity index (χ2v) is 7.49. The number of carboxylic acid groups (broad SMARTS) is 1. The van der Waals surface area contributed by atoms with Crippen LogP contribution in [-0.2, 0) is 5.41 Å². The first-order chi connectivity index (χ1) is 12.8. The predicted octanol–water partition coefficient (Wildman–Crippen LogP) is 5.71. The Morgan fingerprint density at radius 1 is 1.15 bits per heavy atom. The van der Waals surface area contributed by atoms with Crippen molar-refractivity contribution in [1.82, 2.24) is 5.16 Å². The largest absolute Gasteiger partial charge is 0.478 e. The first-order valence-electron chi connectivity index (χ1n) is 9.27. The van der Waals surface area contributed by atoms with Gasteiger partial charge in [0.05, 0.1) is 5.56 Å². The number of hydrogen-bond acceptors (Lipinski definition) is 6. The molecule has 27 heavy (non-hydrogen) atoms. The van der Waals surface area contributed by atoms with Crippen molar-refractivity contribution in [2.45, 2.75) is 52.9 Å². The van der Waals surface area contributed by atoms with Crippen LogP contribution in [-0.4, -0.2) is 29.3 Å². The van der Waals surface area contributed by atoms with Crippen LogP contribution in [0.2, 0.25) is 0 Å². The summed E-state index contributed by atoms with van der Waals surface area (Å²) in [7, 11) is 0. The van der Waals surface area contributed by atoms with E-state index in [4.69, 9.17) is 4.52 Å². The standard InChI is InChI=1S/C20H28N4O3/c1-6-10-24(11-7-2)14-8-9-16(15(12-14)19(25)26)21-22-18-13-17(27-23-18)20(3,4)5/h8-9,12-13H,6-7,10-11H2,1-5H3,(H,25,26). The van der Waals surface area contributed by atoms with Crippen molar-refractivity contribution in [2.75, 3.05) is 18.0 Å². The van der Waals surface area contributed by atoms with Crippen LogP contribution < -0.4 is 4.90 Å². The number of hydrogen-bond donors (Lipinski definition) is 1. The third-order valence-electron chi connectivity index (χ3n) is 4.06. The molecule has 0 amide bonds. The minimum atomic E-state index is -1.03. The summed E-state index contributed by atoms with van der Waals surface area (Å²) in [5.41, 5.74) is 1.11. The van der Waals surface area contributed by atoms with E-state index in [1.54, 1.807) is 18.2 Å². The average molecular weight is 372 g/mol. The van der Waals surface area contributed by atoms with Crippen molar-refractivity contribution in [2.24, 2.45) is 10.2 Å². The molecule has 0 spiro atoms. The minimum absolute atomic E-state index is 0.119. The monoisotopic (exact) mass is 372 g/mol. The lowest BCUT2D eigenvalue weighted by Gasteiger charge is -2.24. The number of anilines is 1. The molecule has 0 aliphatic carbocycles. The highest BCUT2D eigenvalue weighted by Gasteiger charge is 2.20. The summed E-state index contributed by atoms with van der Waals surface area (Å²) in [4.78, 5) is 13.9. The fourth-order valence-corrected chi connectivity index (χ4v) is 2.66. The Labute approximate surface area is 160 Å². The van der Waals surface area contributed by atoms with Crippen LogP contribution in [0.25, 0.3) is 0 Å². The lowest BCUT2D eigenvalue weighted by atomic mass is 9.93. The molecule has 0 unspecified atom stereocenters. The third-order valence-corrected chi connectivity index (χ3v) is 4.06. The number of rotatable bonds is 8. The Kier molecular flexibility index (Phi) is 6.71. The molecule has 0 atom stereocenters. The number of azo groups is 1. The first kappa shape index (κ1) is 20.6. The second-order valence-electron chi connectivity index (χ2n) is 7.49. The zero-order chi connectivity index (χ0) is 20.0. The van der Waals surface area contributed by atoms with Crippen molar-refractivity contribution in [3.63, 3.8) is 0 Å². The Hall–Kier alpha value is -2.70. The Morgan fingerprint density at radius 2 is 1.81 bits per heavy atom. The van der Waals surface area contributed by atoms with E-state index in [-0.39, 0.29) is 11.0 Å². The lowest BCUT2D eigenvalue weighted by molar-refractivity contribution is 0.0698. The van der Waals surface area contributed by atoms with Crippen molar-refractivity contribution < 1.29 is 14.4 Å². The van der Waals surface area contributed by atoms with Gasteiger partial charge in [-0.25, -0.2) is 4.79 Å². The fraction of sp³-hybridized carbons (Fsp3) is 0.500. The fourth-order valence-electron chi connectivity index (χ4n) is 2.66. The van der Waals surface area contributed by atoms with Gasteiger partial charge in [-0.05, 0) is 31.0 Å². The molecular formula is C20H28N4O3. The van der Waals surface area contributed by atoms with E-state index in [0.717, 1.165) is 31.6 Å². The topological polar surface area (TPSA) is 91.3 Å². The molecule has 1 heterocycles. The van der Waals surface area contributed by atoms with Crippen molar-refractivity contribution >= 4 is 23.2 Å². The molecule has 0 aliphatic rings. The molecular weight excluding hydrogens is 344 g/mol. The molecule has 146 valence electrons. The Morgan fingerprint density at radius 3 is 2.33 bits per heavy atom. The van der Waals surface area contributed by atoms with Gasteiger partial charge >= 0.3 is 5.97 Å². The van der Waals surface area contributed by atoms with Gasteiger partial charge < -0.3 is 14.5 Å². The van der Waals surface area contributed by atoms with E-state index < -0.39 is 5.97 Å². The SMILES string of the molecule is CCCN(CCC)c1ccc(N=Nc2cc(C(C)(C)C)on2)c(C(=O)O)c1. The molecule has 7 heteroatoms. The van der Waals surface area contributed by atoms with Gasteiger partial charge in [-0.2, -0.15) is 0 Å². The van der Waals surface area contributed by atoms with Gasteiger partial charge in [-0.1, -0.05) is 39.8 Å². The normalized spacial score (nSPS) is 11.9. The number of carboxylic acids is 1. The van der Waals surface area contributed by atoms with Crippen LogP contribution in [0, 0.1) is 0 Å². The highest BCUT2D eigenvalue weighted by molar-refractivity contribution is 5.94. The molecule has 2 aromatic rings. The van der Waals surface area contributed by atoms with Gasteiger partial charge in [0, 0.05) is 30.3 Å². The van der Waals surface area contributed by atoms with Gasteiger partial charge in [0.2, 0.25) is 5.82 Å². The van der Waals surface area contributed by atoms with E-state index in [1.165, 1.54) is 0 Å². The Balaban J connectivity index is 2.31. The maximum Gasteiger partial charge on any atom is 0.338 e. The zero-order valence-electron chi connectivity index (χ0n) is 16.7. The quantitative estimate of drug-likeness (QED) is 0.599. The predicted molar refractivity (Wildman–Crippen MR) is 106 cm³/mol. The van der Waals surface area contributed by atoms with Crippen LogP contribution in [0.15, 0.2) is 39.0 Å². The summed E-state index contributed by atoms with van der Waals surface area (Å²) in [5.74, 6) is -0.0201. The second kappa shape index (κ2) is 8.79. The maximum absolute atomic E-state index is 11.7. The number of aromatic carboxylic acids is 1. The number of benzene rings is 1. The summed E-state index contributed by atoms with van der Waals surface area (Å²) < 4.78 is 5.27. The molecule has 0 bridgehead atoms. The van der Waals surface area contributed by atoms with Gasteiger partial charge in [0.1, 0.15) is 11.4 Å². The molecule has 1 aromatic carbocycles. The average Bonchev–Trinajstić information content (AvgIpc) is 3.09. The van der Waals surface area contributed by atoms with Crippen molar-refractivity contribution in [1.29, 1.82) is 0 Å². The molecule has 7 nitrogen and oxygen atoms in total. The smallest absolute Gasteiger partial charge is 0.338 e.